The number of hydrogen-bond donors (Lipinski definition) is 2. The molecule has 0 saturated heterocycles. The van der Waals surface area contributed by atoms with Crippen molar-refractivity contribution < 1.29 is 14.3 Å². The van der Waals surface area contributed by atoms with Gasteiger partial charge >= 0.3 is 0 Å². The molecule has 94 valence electrons. The standard InChI is InChI=1S/C11H22N2O3/c1-15-6-7-16-8-10(14)13-11(9-12)4-2-3-5-11/h2-9,12H2,1H3,(H,13,14). The molecule has 3 N–H and O–H groups in total. The first kappa shape index (κ1) is 13.4. The molecule has 1 aliphatic rings. The highest BCUT2D eigenvalue weighted by atomic mass is 16.5. The fraction of sp³-hybridized carbons (Fsp3) is 0.909. The van der Waals surface area contributed by atoms with Gasteiger partial charge < -0.3 is 20.5 Å². The molecule has 1 amide bonds. The maximum atomic E-state index is 11.6. The lowest BCUT2D eigenvalue weighted by atomic mass is 9.98. The number of hydrogen-bond acceptors (Lipinski definition) is 4. The van der Waals surface area contributed by atoms with Crippen LogP contribution in [0.3, 0.4) is 0 Å². The molecular formula is C11H22N2O3. The van der Waals surface area contributed by atoms with Gasteiger partial charge in [-0.3, -0.25) is 4.79 Å². The minimum absolute atomic E-state index is 0.0801. The van der Waals surface area contributed by atoms with E-state index in [-0.39, 0.29) is 18.1 Å². The number of amides is 1. The van der Waals surface area contributed by atoms with E-state index in [1.54, 1.807) is 7.11 Å². The molecule has 0 unspecified atom stereocenters. The van der Waals surface area contributed by atoms with Crippen molar-refractivity contribution in [3.8, 4) is 0 Å². The largest absolute Gasteiger partial charge is 0.382 e. The van der Waals surface area contributed by atoms with Gasteiger partial charge in [-0.25, -0.2) is 0 Å². The van der Waals surface area contributed by atoms with Crippen LogP contribution in [0.5, 0.6) is 0 Å². The van der Waals surface area contributed by atoms with Crippen molar-refractivity contribution in [1.29, 1.82) is 0 Å². The van der Waals surface area contributed by atoms with Gasteiger partial charge in [-0.2, -0.15) is 0 Å². The summed E-state index contributed by atoms with van der Waals surface area (Å²) in [5.41, 5.74) is 5.54. The van der Waals surface area contributed by atoms with Crippen molar-refractivity contribution >= 4 is 5.91 Å². The zero-order chi connectivity index (χ0) is 11.9. The first-order valence-electron chi connectivity index (χ1n) is 5.80. The van der Waals surface area contributed by atoms with Crippen LogP contribution in [0, 0.1) is 0 Å². The monoisotopic (exact) mass is 230 g/mol. The second-order valence-electron chi connectivity index (χ2n) is 4.29. The highest BCUT2D eigenvalue weighted by Crippen LogP contribution is 2.28. The first-order valence-corrected chi connectivity index (χ1v) is 5.80. The number of rotatable bonds is 7. The molecule has 5 heteroatoms. The molecule has 0 aromatic carbocycles. The third-order valence-electron chi connectivity index (χ3n) is 3.02. The summed E-state index contributed by atoms with van der Waals surface area (Å²) in [5.74, 6) is -0.0801. The summed E-state index contributed by atoms with van der Waals surface area (Å²) in [6, 6.07) is 0. The summed E-state index contributed by atoms with van der Waals surface area (Å²) in [6.07, 6.45) is 4.24. The van der Waals surface area contributed by atoms with Gasteiger partial charge in [0, 0.05) is 13.7 Å². The predicted octanol–water partition coefficient (Wildman–Crippen LogP) is 0.0371. The van der Waals surface area contributed by atoms with Crippen LogP contribution in [0.2, 0.25) is 0 Å². The average molecular weight is 230 g/mol. The van der Waals surface area contributed by atoms with Crippen molar-refractivity contribution in [1.82, 2.24) is 5.32 Å². The van der Waals surface area contributed by atoms with Gasteiger partial charge in [0.25, 0.3) is 0 Å². The molecule has 0 spiro atoms. The summed E-state index contributed by atoms with van der Waals surface area (Å²) >= 11 is 0. The molecule has 0 bridgehead atoms. The van der Waals surface area contributed by atoms with E-state index < -0.39 is 0 Å². The average Bonchev–Trinajstić information content (AvgIpc) is 2.74. The molecule has 5 nitrogen and oxygen atoms in total. The lowest BCUT2D eigenvalue weighted by Crippen LogP contribution is -2.52. The highest BCUT2D eigenvalue weighted by molar-refractivity contribution is 5.78. The van der Waals surface area contributed by atoms with Gasteiger partial charge in [-0.15, -0.1) is 0 Å². The maximum absolute atomic E-state index is 11.6. The Kier molecular flexibility index (Phi) is 5.73. The second kappa shape index (κ2) is 6.83. The maximum Gasteiger partial charge on any atom is 0.246 e. The zero-order valence-corrected chi connectivity index (χ0v) is 9.96. The molecule has 1 aliphatic carbocycles. The highest BCUT2D eigenvalue weighted by Gasteiger charge is 2.33. The number of carbonyl (C=O) groups is 1. The topological polar surface area (TPSA) is 73.6 Å². The number of ether oxygens (including phenoxy) is 2. The summed E-state index contributed by atoms with van der Waals surface area (Å²) in [6.45, 7) is 1.55. The van der Waals surface area contributed by atoms with E-state index >= 15 is 0 Å². The Hall–Kier alpha value is -0.650. The Labute approximate surface area is 96.7 Å². The molecule has 0 aromatic rings. The molecule has 1 saturated carbocycles. The fourth-order valence-corrected chi connectivity index (χ4v) is 2.07. The lowest BCUT2D eigenvalue weighted by Gasteiger charge is -2.28. The smallest absolute Gasteiger partial charge is 0.246 e. The van der Waals surface area contributed by atoms with E-state index in [0.29, 0.717) is 19.8 Å². The van der Waals surface area contributed by atoms with Crippen LogP contribution in [0.1, 0.15) is 25.7 Å². The van der Waals surface area contributed by atoms with Crippen LogP contribution < -0.4 is 11.1 Å². The molecule has 1 fully saturated rings. The van der Waals surface area contributed by atoms with Crippen molar-refractivity contribution in [2.24, 2.45) is 5.73 Å². The first-order chi connectivity index (χ1) is 7.72. The SMILES string of the molecule is COCCOCC(=O)NC1(CN)CCCC1. The van der Waals surface area contributed by atoms with E-state index in [4.69, 9.17) is 15.2 Å². The van der Waals surface area contributed by atoms with E-state index in [2.05, 4.69) is 5.32 Å². The Morgan fingerprint density at radius 1 is 1.38 bits per heavy atom. The van der Waals surface area contributed by atoms with Gasteiger partial charge in [0.15, 0.2) is 0 Å². The number of carbonyl (C=O) groups excluding carboxylic acids is 1. The van der Waals surface area contributed by atoms with Crippen molar-refractivity contribution in [3.63, 3.8) is 0 Å². The number of methoxy groups -OCH3 is 1. The second-order valence-corrected chi connectivity index (χ2v) is 4.29. The van der Waals surface area contributed by atoms with Crippen LogP contribution in [0.15, 0.2) is 0 Å². The molecule has 0 heterocycles. The Balaban J connectivity index is 2.21. The summed E-state index contributed by atoms with van der Waals surface area (Å²) in [4.78, 5) is 11.6. The van der Waals surface area contributed by atoms with Gasteiger partial charge in [0.05, 0.1) is 18.8 Å². The molecule has 0 aromatic heterocycles. The van der Waals surface area contributed by atoms with Crippen LogP contribution in [-0.2, 0) is 14.3 Å². The third kappa shape index (κ3) is 4.08. The summed E-state index contributed by atoms with van der Waals surface area (Å²) in [5, 5.41) is 2.99. The summed E-state index contributed by atoms with van der Waals surface area (Å²) in [7, 11) is 1.60. The minimum atomic E-state index is -0.179. The molecular weight excluding hydrogens is 208 g/mol. The Bertz CT molecular complexity index is 215. The third-order valence-corrected chi connectivity index (χ3v) is 3.02. The predicted molar refractivity (Wildman–Crippen MR) is 61.1 cm³/mol. The van der Waals surface area contributed by atoms with E-state index in [9.17, 15) is 4.79 Å². The van der Waals surface area contributed by atoms with Crippen molar-refractivity contribution in [2.75, 3.05) is 33.5 Å². The van der Waals surface area contributed by atoms with Gasteiger partial charge in [-0.1, -0.05) is 12.8 Å². The normalized spacial score (nSPS) is 18.6. The molecule has 0 radical (unpaired) electrons. The van der Waals surface area contributed by atoms with Gasteiger partial charge in [-0.05, 0) is 12.8 Å². The van der Waals surface area contributed by atoms with E-state index in [1.165, 1.54) is 0 Å². The van der Waals surface area contributed by atoms with E-state index in [0.717, 1.165) is 25.7 Å². The molecule has 16 heavy (non-hydrogen) atoms. The van der Waals surface area contributed by atoms with Gasteiger partial charge in [0.1, 0.15) is 6.61 Å². The van der Waals surface area contributed by atoms with Crippen LogP contribution in [0.25, 0.3) is 0 Å². The Morgan fingerprint density at radius 3 is 2.62 bits per heavy atom. The van der Waals surface area contributed by atoms with Crippen molar-refractivity contribution in [2.45, 2.75) is 31.2 Å². The van der Waals surface area contributed by atoms with Crippen LogP contribution in [0.4, 0.5) is 0 Å². The van der Waals surface area contributed by atoms with Gasteiger partial charge in [0.2, 0.25) is 5.91 Å². The minimum Gasteiger partial charge on any atom is -0.382 e. The lowest BCUT2D eigenvalue weighted by molar-refractivity contribution is -0.128. The van der Waals surface area contributed by atoms with Crippen LogP contribution in [-0.4, -0.2) is 44.9 Å². The molecule has 1 rings (SSSR count). The van der Waals surface area contributed by atoms with E-state index in [1.807, 2.05) is 0 Å². The molecule has 0 aliphatic heterocycles. The van der Waals surface area contributed by atoms with Crippen molar-refractivity contribution in [3.05, 3.63) is 0 Å². The number of nitrogens with two attached hydrogens (primary N) is 1. The fourth-order valence-electron chi connectivity index (χ4n) is 2.07. The number of nitrogens with one attached hydrogen (secondary N) is 1. The van der Waals surface area contributed by atoms with Crippen LogP contribution >= 0.6 is 0 Å². The molecule has 0 atom stereocenters. The zero-order valence-electron chi connectivity index (χ0n) is 9.96. The summed E-state index contributed by atoms with van der Waals surface area (Å²) < 4.78 is 9.98. The quantitative estimate of drug-likeness (QED) is 0.605. The Morgan fingerprint density at radius 2 is 2.06 bits per heavy atom.